The molecule has 0 unspecified atom stereocenters. The van der Waals surface area contributed by atoms with Crippen molar-refractivity contribution in [3.63, 3.8) is 0 Å². The number of carbonyl (C=O) groups excluding carboxylic acids is 3. The minimum Gasteiger partial charge on any atom is -0.508 e. The van der Waals surface area contributed by atoms with Gasteiger partial charge in [0.2, 0.25) is 11.8 Å². The van der Waals surface area contributed by atoms with Gasteiger partial charge in [0.15, 0.2) is 0 Å². The Bertz CT molecular complexity index is 1120. The van der Waals surface area contributed by atoms with Crippen LogP contribution in [0.2, 0.25) is 0 Å². The number of hydrogen-bond donors (Lipinski definition) is 6. The second kappa shape index (κ2) is 14.8. The van der Waals surface area contributed by atoms with Gasteiger partial charge in [0, 0.05) is 18.4 Å². The van der Waals surface area contributed by atoms with E-state index in [1.165, 1.54) is 12.1 Å². The number of rotatable bonds is 15. The minimum absolute atomic E-state index is 0.0317. The van der Waals surface area contributed by atoms with Gasteiger partial charge in [0.05, 0.1) is 20.1 Å². The summed E-state index contributed by atoms with van der Waals surface area (Å²) in [5, 5.41) is 30.9. The van der Waals surface area contributed by atoms with E-state index >= 15 is 0 Å². The minimum atomic E-state index is -1.40. The first-order valence-corrected chi connectivity index (χ1v) is 11.8. The van der Waals surface area contributed by atoms with Crippen LogP contribution in [0.15, 0.2) is 48.5 Å². The highest BCUT2D eigenvalue weighted by atomic mass is 16.5. The number of amides is 2. The molecule has 2 atom stereocenters. The topological polar surface area (TPSA) is 201 Å². The van der Waals surface area contributed by atoms with Crippen LogP contribution in [0.1, 0.15) is 36.8 Å². The van der Waals surface area contributed by atoms with E-state index in [4.69, 9.17) is 20.6 Å². The van der Waals surface area contributed by atoms with Gasteiger partial charge >= 0.3 is 11.9 Å². The van der Waals surface area contributed by atoms with Crippen molar-refractivity contribution in [3.05, 3.63) is 59.7 Å². The number of carbonyl (C=O) groups is 4. The van der Waals surface area contributed by atoms with Gasteiger partial charge in [-0.2, -0.15) is 0 Å². The van der Waals surface area contributed by atoms with Crippen molar-refractivity contribution in [1.82, 2.24) is 10.6 Å². The Hall–Kier alpha value is -4.61. The molecule has 0 saturated carbocycles. The number of nitrogens with two attached hydrogens (primary N) is 1. The van der Waals surface area contributed by atoms with E-state index in [9.17, 15) is 29.4 Å². The molecule has 2 rings (SSSR count). The van der Waals surface area contributed by atoms with Crippen LogP contribution in [0, 0.1) is 5.41 Å². The number of nitrogen functional groups attached to an aromatic ring is 1. The average molecular weight is 529 g/mol. The summed E-state index contributed by atoms with van der Waals surface area (Å²) in [5.74, 6) is -2.84. The molecule has 2 amide bonds. The number of phenols is 1. The average Bonchev–Trinajstić information content (AvgIpc) is 2.88. The van der Waals surface area contributed by atoms with Gasteiger partial charge in [0.25, 0.3) is 0 Å². The number of esters is 1. The number of nitrogens with one attached hydrogen (secondary N) is 3. The zero-order valence-corrected chi connectivity index (χ0v) is 20.9. The molecule has 204 valence electrons. The smallest absolute Gasteiger partial charge is 0.328 e. The van der Waals surface area contributed by atoms with Crippen molar-refractivity contribution in [2.24, 2.45) is 5.73 Å². The molecular weight excluding hydrogens is 496 g/mol. The Kier molecular flexibility index (Phi) is 11.6. The van der Waals surface area contributed by atoms with Crippen LogP contribution in [0.5, 0.6) is 11.5 Å². The van der Waals surface area contributed by atoms with Crippen molar-refractivity contribution >= 4 is 29.6 Å². The Morgan fingerprint density at radius 1 is 0.974 bits per heavy atom. The highest BCUT2D eigenvalue weighted by Crippen LogP contribution is 2.14. The molecule has 7 N–H and O–H groups in total. The molecular formula is C26H32N4O8. The normalized spacial score (nSPS) is 12.0. The van der Waals surface area contributed by atoms with E-state index in [2.05, 4.69) is 10.6 Å². The van der Waals surface area contributed by atoms with Crippen molar-refractivity contribution < 1.29 is 38.9 Å². The molecule has 12 nitrogen and oxygen atoms in total. The van der Waals surface area contributed by atoms with Crippen LogP contribution in [0.4, 0.5) is 0 Å². The second-order valence-electron chi connectivity index (χ2n) is 8.42. The largest absolute Gasteiger partial charge is 0.508 e. The summed E-state index contributed by atoms with van der Waals surface area (Å²) in [7, 11) is 1.15. The lowest BCUT2D eigenvalue weighted by molar-refractivity contribution is -0.145. The predicted molar refractivity (Wildman–Crippen MR) is 137 cm³/mol. The standard InChI is InChI=1S/C26H32N4O8/c1-37-26(36)21(14-16-5-9-18(31)10-6-16)30-25(35)20(15-23(33)34)29-22(32)4-2-3-13-38-19-11-7-17(8-12-19)24(27)28/h5-12,20-21,31H,2-4,13-15H2,1H3,(H3,27,28)(H,29,32)(H,30,35)(H,33,34)/t20-,21-/m0/s1. The van der Waals surface area contributed by atoms with E-state index in [-0.39, 0.29) is 24.4 Å². The third kappa shape index (κ3) is 10.2. The van der Waals surface area contributed by atoms with Crippen LogP contribution in [0.3, 0.4) is 0 Å². The van der Waals surface area contributed by atoms with Gasteiger partial charge in [-0.1, -0.05) is 12.1 Å². The van der Waals surface area contributed by atoms with Gasteiger partial charge < -0.3 is 36.1 Å². The van der Waals surface area contributed by atoms with Crippen LogP contribution < -0.4 is 21.1 Å². The predicted octanol–water partition coefficient (Wildman–Crippen LogP) is 1.09. The molecule has 2 aromatic rings. The zero-order valence-electron chi connectivity index (χ0n) is 20.9. The summed E-state index contributed by atoms with van der Waals surface area (Å²) in [4.78, 5) is 48.7. The van der Waals surface area contributed by atoms with Crippen LogP contribution in [-0.4, -0.2) is 65.6 Å². The number of aliphatic carboxylic acids is 1. The fraction of sp³-hybridized carbons (Fsp3) is 0.346. The molecule has 2 aromatic carbocycles. The monoisotopic (exact) mass is 528 g/mol. The lowest BCUT2D eigenvalue weighted by atomic mass is 10.0. The number of unbranched alkanes of at least 4 members (excludes halogenated alkanes) is 1. The van der Waals surface area contributed by atoms with Crippen molar-refractivity contribution in [2.45, 2.75) is 44.2 Å². The molecule has 0 fully saturated rings. The summed E-state index contributed by atoms with van der Waals surface area (Å²) in [6.45, 7) is 0.323. The van der Waals surface area contributed by atoms with Crippen molar-refractivity contribution in [3.8, 4) is 11.5 Å². The van der Waals surface area contributed by atoms with Gasteiger partial charge in [-0.25, -0.2) is 4.79 Å². The second-order valence-corrected chi connectivity index (χ2v) is 8.42. The van der Waals surface area contributed by atoms with E-state index in [1.54, 1.807) is 36.4 Å². The van der Waals surface area contributed by atoms with Gasteiger partial charge in [-0.15, -0.1) is 0 Å². The van der Waals surface area contributed by atoms with E-state index in [0.717, 1.165) is 7.11 Å². The molecule has 0 heterocycles. The number of aromatic hydroxyl groups is 1. The summed E-state index contributed by atoms with van der Waals surface area (Å²) < 4.78 is 10.3. The SMILES string of the molecule is COC(=O)[C@H](Cc1ccc(O)cc1)NC(=O)[C@H](CC(=O)O)NC(=O)CCCCOc1ccc(C(=N)N)cc1. The maximum atomic E-state index is 12.8. The summed E-state index contributed by atoms with van der Waals surface area (Å²) in [6, 6.07) is 10.1. The Balaban J connectivity index is 1.87. The van der Waals surface area contributed by atoms with E-state index < -0.39 is 42.3 Å². The number of phenolic OH excluding ortho intramolecular Hbond substituents is 1. The maximum absolute atomic E-state index is 12.8. The van der Waals surface area contributed by atoms with Crippen LogP contribution in [-0.2, 0) is 30.3 Å². The molecule has 0 bridgehead atoms. The highest BCUT2D eigenvalue weighted by molar-refractivity contribution is 5.95. The Morgan fingerprint density at radius 2 is 1.63 bits per heavy atom. The molecule has 0 aliphatic carbocycles. The molecule has 12 heteroatoms. The summed E-state index contributed by atoms with van der Waals surface area (Å²) in [5.41, 5.74) is 6.61. The fourth-order valence-corrected chi connectivity index (χ4v) is 3.43. The number of hydrogen-bond acceptors (Lipinski definition) is 8. The first-order valence-electron chi connectivity index (χ1n) is 11.8. The Morgan fingerprint density at radius 3 is 2.21 bits per heavy atom. The number of amidine groups is 1. The quantitative estimate of drug-likeness (QED) is 0.0846. The molecule has 0 saturated heterocycles. The molecule has 0 radical (unpaired) electrons. The highest BCUT2D eigenvalue weighted by Gasteiger charge is 2.29. The first kappa shape index (κ1) is 29.6. The maximum Gasteiger partial charge on any atom is 0.328 e. The number of carboxylic acid groups (broad SMARTS) is 1. The summed E-state index contributed by atoms with van der Waals surface area (Å²) >= 11 is 0. The van der Waals surface area contributed by atoms with Crippen molar-refractivity contribution in [1.29, 1.82) is 5.41 Å². The molecule has 0 aliphatic rings. The van der Waals surface area contributed by atoms with Crippen LogP contribution >= 0.6 is 0 Å². The first-order chi connectivity index (χ1) is 18.1. The third-order valence-corrected chi connectivity index (χ3v) is 5.44. The molecule has 0 spiro atoms. The molecule has 0 aromatic heterocycles. The number of ether oxygens (including phenoxy) is 2. The third-order valence-electron chi connectivity index (χ3n) is 5.44. The van der Waals surface area contributed by atoms with Gasteiger partial charge in [-0.05, 0) is 54.8 Å². The lowest BCUT2D eigenvalue weighted by Gasteiger charge is -2.21. The lowest BCUT2D eigenvalue weighted by Crippen LogP contribution is -2.53. The zero-order chi connectivity index (χ0) is 28.1. The van der Waals surface area contributed by atoms with E-state index in [0.29, 0.717) is 36.3 Å². The van der Waals surface area contributed by atoms with Crippen molar-refractivity contribution in [2.75, 3.05) is 13.7 Å². The molecule has 0 aliphatic heterocycles. The number of benzene rings is 2. The summed E-state index contributed by atoms with van der Waals surface area (Å²) in [6.07, 6.45) is 0.330. The van der Waals surface area contributed by atoms with E-state index in [1.807, 2.05) is 0 Å². The van der Waals surface area contributed by atoms with Gasteiger partial charge in [0.1, 0.15) is 29.4 Å². The fourth-order valence-electron chi connectivity index (χ4n) is 3.43. The number of carboxylic acids is 1. The molecule has 38 heavy (non-hydrogen) atoms. The van der Waals surface area contributed by atoms with Gasteiger partial charge in [-0.3, -0.25) is 19.8 Å². The van der Waals surface area contributed by atoms with Crippen LogP contribution in [0.25, 0.3) is 0 Å². The Labute approximate surface area is 219 Å². The number of methoxy groups -OCH3 is 1.